The predicted molar refractivity (Wildman–Crippen MR) is 63.0 cm³/mol. The minimum atomic E-state index is -0.908. The number of terminal acetylenes is 1. The Morgan fingerprint density at radius 1 is 1.59 bits per heavy atom. The van der Waals surface area contributed by atoms with Gasteiger partial charge in [0.05, 0.1) is 11.6 Å². The molecule has 2 aliphatic rings. The molecule has 0 aromatic heterocycles. The summed E-state index contributed by atoms with van der Waals surface area (Å²) in [4.78, 5) is 17.4. The Morgan fingerprint density at radius 3 is 2.71 bits per heavy atom. The third-order valence-electron chi connectivity index (χ3n) is 3.59. The Bertz CT molecular complexity index is 379. The van der Waals surface area contributed by atoms with E-state index in [0.29, 0.717) is 12.8 Å². The maximum absolute atomic E-state index is 11.5. The molecule has 2 bridgehead atoms. The van der Waals surface area contributed by atoms with Crippen LogP contribution >= 0.6 is 0 Å². The molecule has 4 heteroatoms. The SMILES string of the molecule is C#C[C@@H]1[C@H]2CC[C@](C(=O)O)(C2)N1OC(C)(C)C. The second-order valence-corrected chi connectivity index (χ2v) is 5.98. The standard InChI is InChI=1S/C13H19NO3/c1-5-10-9-6-7-13(8-9,11(15)16)14(10)17-12(2,3)4/h1,9-10H,6-8H2,2-4H3,(H,15,16)/t9-,10+,13+/m0/s1. The first kappa shape index (κ1) is 12.4. The molecule has 3 atom stereocenters. The monoisotopic (exact) mass is 237 g/mol. The van der Waals surface area contributed by atoms with Gasteiger partial charge in [-0.05, 0) is 46.0 Å². The summed E-state index contributed by atoms with van der Waals surface area (Å²) in [6.45, 7) is 5.71. The van der Waals surface area contributed by atoms with Crippen LogP contribution in [-0.4, -0.2) is 33.3 Å². The number of piperidine rings is 1. The Kier molecular flexibility index (Phi) is 2.72. The molecule has 1 heterocycles. The van der Waals surface area contributed by atoms with Gasteiger partial charge in [0, 0.05) is 0 Å². The topological polar surface area (TPSA) is 49.8 Å². The average Bonchev–Trinajstić information content (AvgIpc) is 2.72. The summed E-state index contributed by atoms with van der Waals surface area (Å²) in [5.74, 6) is 2.12. The number of fused-ring (bicyclic) bond motifs is 2. The maximum Gasteiger partial charge on any atom is 0.326 e. The summed E-state index contributed by atoms with van der Waals surface area (Å²) in [5, 5.41) is 11.1. The van der Waals surface area contributed by atoms with Gasteiger partial charge in [0.25, 0.3) is 0 Å². The molecular formula is C13H19NO3. The van der Waals surface area contributed by atoms with Crippen LogP contribution in [0.5, 0.6) is 0 Å². The minimum absolute atomic E-state index is 0.209. The summed E-state index contributed by atoms with van der Waals surface area (Å²) in [5.41, 5.74) is -1.34. The number of hydrogen-bond donors (Lipinski definition) is 1. The van der Waals surface area contributed by atoms with Crippen LogP contribution in [0.2, 0.25) is 0 Å². The molecule has 0 aromatic carbocycles. The lowest BCUT2D eigenvalue weighted by molar-refractivity contribution is -0.279. The van der Waals surface area contributed by atoms with Gasteiger partial charge in [-0.1, -0.05) is 5.92 Å². The quantitative estimate of drug-likeness (QED) is 0.742. The zero-order valence-electron chi connectivity index (χ0n) is 10.6. The number of carbonyl (C=O) groups is 1. The van der Waals surface area contributed by atoms with Crippen LogP contribution in [-0.2, 0) is 9.63 Å². The summed E-state index contributed by atoms with van der Waals surface area (Å²) in [7, 11) is 0. The molecule has 0 aromatic rings. The molecule has 1 saturated heterocycles. The molecule has 1 saturated carbocycles. The van der Waals surface area contributed by atoms with E-state index in [4.69, 9.17) is 11.3 Å². The van der Waals surface area contributed by atoms with E-state index in [1.165, 1.54) is 0 Å². The van der Waals surface area contributed by atoms with Crippen LogP contribution in [0, 0.1) is 18.3 Å². The number of hydroxylamine groups is 2. The third kappa shape index (κ3) is 1.84. The molecule has 0 spiro atoms. The van der Waals surface area contributed by atoms with Gasteiger partial charge in [-0.2, -0.15) is 5.06 Å². The predicted octanol–water partition coefficient (Wildman–Crippen LogP) is 1.66. The Labute approximate surface area is 102 Å². The van der Waals surface area contributed by atoms with Crippen molar-refractivity contribution in [2.24, 2.45) is 5.92 Å². The number of carboxylic acid groups (broad SMARTS) is 1. The van der Waals surface area contributed by atoms with Gasteiger partial charge in [-0.15, -0.1) is 6.42 Å². The molecule has 0 unspecified atom stereocenters. The number of carboxylic acids is 1. The van der Waals surface area contributed by atoms with Crippen molar-refractivity contribution in [2.45, 2.75) is 57.2 Å². The first-order valence-corrected chi connectivity index (χ1v) is 5.98. The van der Waals surface area contributed by atoms with E-state index < -0.39 is 17.1 Å². The van der Waals surface area contributed by atoms with Crippen LogP contribution in [0.15, 0.2) is 0 Å². The Balaban J connectivity index is 2.32. The molecule has 2 fully saturated rings. The van der Waals surface area contributed by atoms with Crippen molar-refractivity contribution in [3.63, 3.8) is 0 Å². The van der Waals surface area contributed by atoms with E-state index >= 15 is 0 Å². The van der Waals surface area contributed by atoms with Gasteiger partial charge in [0.2, 0.25) is 0 Å². The van der Waals surface area contributed by atoms with E-state index in [2.05, 4.69) is 5.92 Å². The van der Waals surface area contributed by atoms with Crippen LogP contribution < -0.4 is 0 Å². The van der Waals surface area contributed by atoms with E-state index in [9.17, 15) is 9.90 Å². The van der Waals surface area contributed by atoms with Crippen molar-refractivity contribution in [3.8, 4) is 12.3 Å². The van der Waals surface area contributed by atoms with Crippen LogP contribution in [0.3, 0.4) is 0 Å². The lowest BCUT2D eigenvalue weighted by atomic mass is 9.98. The van der Waals surface area contributed by atoms with Crippen LogP contribution in [0.4, 0.5) is 0 Å². The number of rotatable bonds is 2. The summed E-state index contributed by atoms with van der Waals surface area (Å²) >= 11 is 0. The highest BCUT2D eigenvalue weighted by molar-refractivity contribution is 5.80. The van der Waals surface area contributed by atoms with Crippen molar-refractivity contribution in [1.82, 2.24) is 5.06 Å². The van der Waals surface area contributed by atoms with Crippen molar-refractivity contribution in [3.05, 3.63) is 0 Å². The molecule has 1 aliphatic carbocycles. The minimum Gasteiger partial charge on any atom is -0.480 e. The molecule has 2 rings (SSSR count). The average molecular weight is 237 g/mol. The first-order valence-electron chi connectivity index (χ1n) is 5.98. The largest absolute Gasteiger partial charge is 0.480 e. The zero-order valence-corrected chi connectivity index (χ0v) is 10.6. The summed E-state index contributed by atoms with van der Waals surface area (Å²) < 4.78 is 0. The molecule has 1 aliphatic heterocycles. The highest BCUT2D eigenvalue weighted by Gasteiger charge is 2.62. The van der Waals surface area contributed by atoms with Crippen LogP contribution in [0.1, 0.15) is 40.0 Å². The van der Waals surface area contributed by atoms with E-state index in [1.54, 1.807) is 5.06 Å². The van der Waals surface area contributed by atoms with Crippen molar-refractivity contribution in [2.75, 3.05) is 0 Å². The normalized spacial score (nSPS) is 37.1. The molecule has 94 valence electrons. The summed E-state index contributed by atoms with van der Waals surface area (Å²) in [6.07, 6.45) is 7.63. The lowest BCUT2D eigenvalue weighted by Gasteiger charge is -2.41. The van der Waals surface area contributed by atoms with Gasteiger partial charge >= 0.3 is 5.97 Å². The van der Waals surface area contributed by atoms with Gasteiger partial charge in [-0.25, -0.2) is 0 Å². The number of aliphatic carboxylic acids is 1. The number of hydrogen-bond acceptors (Lipinski definition) is 3. The van der Waals surface area contributed by atoms with Crippen molar-refractivity contribution in [1.29, 1.82) is 0 Å². The van der Waals surface area contributed by atoms with Crippen molar-refractivity contribution < 1.29 is 14.7 Å². The van der Waals surface area contributed by atoms with Gasteiger partial charge in [-0.3, -0.25) is 9.63 Å². The summed E-state index contributed by atoms with van der Waals surface area (Å²) in [6, 6.07) is -0.209. The molecule has 4 nitrogen and oxygen atoms in total. The lowest BCUT2D eigenvalue weighted by Crippen LogP contribution is -2.56. The van der Waals surface area contributed by atoms with E-state index in [1.807, 2.05) is 20.8 Å². The number of nitrogens with zero attached hydrogens (tertiary/aromatic N) is 1. The highest BCUT2D eigenvalue weighted by Crippen LogP contribution is 2.51. The highest BCUT2D eigenvalue weighted by atomic mass is 16.7. The van der Waals surface area contributed by atoms with Gasteiger partial charge < -0.3 is 5.11 Å². The first-order chi connectivity index (χ1) is 7.80. The van der Waals surface area contributed by atoms with Crippen molar-refractivity contribution >= 4 is 5.97 Å². The molecule has 0 radical (unpaired) electrons. The Hall–Kier alpha value is -1.05. The van der Waals surface area contributed by atoms with E-state index in [-0.39, 0.29) is 12.0 Å². The van der Waals surface area contributed by atoms with Crippen LogP contribution in [0.25, 0.3) is 0 Å². The second kappa shape index (κ2) is 3.72. The van der Waals surface area contributed by atoms with E-state index in [0.717, 1.165) is 6.42 Å². The second-order valence-electron chi connectivity index (χ2n) is 5.98. The molecular weight excluding hydrogens is 218 g/mol. The smallest absolute Gasteiger partial charge is 0.326 e. The molecule has 1 N–H and O–H groups in total. The third-order valence-corrected chi connectivity index (χ3v) is 3.59. The fourth-order valence-electron chi connectivity index (χ4n) is 2.92. The Morgan fingerprint density at radius 2 is 2.24 bits per heavy atom. The zero-order chi connectivity index (χ0) is 12.8. The van der Waals surface area contributed by atoms with Gasteiger partial charge in [0.15, 0.2) is 0 Å². The molecule has 0 amide bonds. The maximum atomic E-state index is 11.5. The fraction of sp³-hybridized carbons (Fsp3) is 0.769. The van der Waals surface area contributed by atoms with Gasteiger partial charge in [0.1, 0.15) is 5.54 Å². The molecule has 17 heavy (non-hydrogen) atoms. The fourth-order valence-corrected chi connectivity index (χ4v) is 2.92.